The summed E-state index contributed by atoms with van der Waals surface area (Å²) in [7, 11) is 4.53. The molecular formula is C38H40O2SiZr. The largest absolute Gasteiger partial charge is 2.00 e. The van der Waals surface area contributed by atoms with Crippen molar-refractivity contribution >= 4 is 31.1 Å². The van der Waals surface area contributed by atoms with Crippen molar-refractivity contribution in [3.05, 3.63) is 131 Å². The first-order valence-corrected chi connectivity index (χ1v) is 16.1. The molecule has 42 heavy (non-hydrogen) atoms. The van der Waals surface area contributed by atoms with Gasteiger partial charge in [0, 0.05) is 23.7 Å². The van der Waals surface area contributed by atoms with E-state index in [-0.39, 0.29) is 26.2 Å². The van der Waals surface area contributed by atoms with Gasteiger partial charge in [0.1, 0.15) is 0 Å². The number of benzene rings is 4. The summed E-state index contributed by atoms with van der Waals surface area (Å²) in [6.45, 7) is 10.00. The third-order valence-corrected chi connectivity index (χ3v) is 7.10. The third kappa shape index (κ3) is 8.14. The van der Waals surface area contributed by atoms with Crippen LogP contribution in [0.15, 0.2) is 109 Å². The van der Waals surface area contributed by atoms with Crippen LogP contribution in [0.25, 0.3) is 43.8 Å². The molecule has 0 unspecified atom stereocenters. The van der Waals surface area contributed by atoms with E-state index in [1.165, 1.54) is 66.1 Å². The number of hydrogen-bond donors (Lipinski definition) is 0. The molecule has 6 aromatic rings. The summed E-state index contributed by atoms with van der Waals surface area (Å²) in [6.07, 6.45) is 0. The van der Waals surface area contributed by atoms with E-state index >= 15 is 0 Å². The zero-order valence-corrected chi connectivity index (χ0v) is 29.1. The number of ether oxygens (including phenoxy) is 2. The molecule has 0 aliphatic rings. The van der Waals surface area contributed by atoms with Gasteiger partial charge in [0.2, 0.25) is 0 Å². The average Bonchev–Trinajstić information content (AvgIpc) is 3.50. The summed E-state index contributed by atoms with van der Waals surface area (Å²) in [4.78, 5) is 0. The Balaban J connectivity index is 0.000000207. The molecule has 2 radical (unpaired) electrons. The van der Waals surface area contributed by atoms with Gasteiger partial charge in [0.25, 0.3) is 0 Å². The van der Waals surface area contributed by atoms with Crippen LogP contribution in [0.2, 0.25) is 13.1 Å². The molecule has 4 heteroatoms. The molecule has 0 heterocycles. The number of fused-ring (bicyclic) bond motifs is 2. The van der Waals surface area contributed by atoms with Gasteiger partial charge in [-0.2, -0.15) is 0 Å². The van der Waals surface area contributed by atoms with Crippen LogP contribution in [0.3, 0.4) is 0 Å². The molecule has 0 amide bonds. The standard InChI is InChI=1S/2C18H17O.C2H6Si.Zr/c2*1-13-11-16-5-3-4-6-17(16)18(13)15-9-7-14(8-10-15)12-19-2;1-3-2;/h2*3-11H,12H2,1-2H3;1-2H3;/q2*-1;;+2. The minimum Gasteiger partial charge on any atom is -0.380 e. The van der Waals surface area contributed by atoms with E-state index in [1.54, 1.807) is 14.2 Å². The van der Waals surface area contributed by atoms with Crippen molar-refractivity contribution in [3.8, 4) is 22.3 Å². The molecule has 0 bridgehead atoms. The second kappa shape index (κ2) is 16.7. The molecule has 6 aromatic carbocycles. The predicted octanol–water partition coefficient (Wildman–Crippen LogP) is 10.1. The van der Waals surface area contributed by atoms with Crippen molar-refractivity contribution < 1.29 is 35.7 Å². The first-order chi connectivity index (χ1) is 20.0. The molecule has 2 nitrogen and oxygen atoms in total. The Kier molecular flexibility index (Phi) is 13.4. The number of aryl methyl sites for hydroxylation is 2. The second-order valence-electron chi connectivity index (χ2n) is 10.3. The monoisotopic (exact) mass is 646 g/mol. The summed E-state index contributed by atoms with van der Waals surface area (Å²) in [5.41, 5.74) is 10.3. The minimum absolute atomic E-state index is 0. The second-order valence-corrected chi connectivity index (χ2v) is 11.3. The van der Waals surface area contributed by atoms with Crippen LogP contribution >= 0.6 is 0 Å². The van der Waals surface area contributed by atoms with Crippen LogP contribution in [-0.2, 0) is 48.9 Å². The van der Waals surface area contributed by atoms with E-state index in [4.69, 9.17) is 9.47 Å². The molecule has 0 atom stereocenters. The van der Waals surface area contributed by atoms with Crippen LogP contribution in [0.4, 0.5) is 0 Å². The summed E-state index contributed by atoms with van der Waals surface area (Å²) in [5, 5.41) is 5.30. The minimum atomic E-state index is 0. The van der Waals surface area contributed by atoms with Crippen LogP contribution in [0.5, 0.6) is 0 Å². The van der Waals surface area contributed by atoms with Gasteiger partial charge in [-0.1, -0.05) is 120 Å². The number of rotatable bonds is 6. The molecule has 0 saturated carbocycles. The summed E-state index contributed by atoms with van der Waals surface area (Å²) < 4.78 is 10.3. The average molecular weight is 648 g/mol. The fraction of sp³-hybridized carbons (Fsp3) is 0.211. The Morgan fingerprint density at radius 3 is 1.21 bits per heavy atom. The fourth-order valence-electron chi connectivity index (χ4n) is 5.37. The Labute approximate surface area is 273 Å². The van der Waals surface area contributed by atoms with Crippen LogP contribution in [-0.4, -0.2) is 23.7 Å². The van der Waals surface area contributed by atoms with Crippen molar-refractivity contribution in [3.63, 3.8) is 0 Å². The van der Waals surface area contributed by atoms with Gasteiger partial charge in [-0.3, -0.25) is 0 Å². The molecule has 212 valence electrons. The van der Waals surface area contributed by atoms with Gasteiger partial charge in [-0.15, -0.1) is 70.8 Å². The van der Waals surface area contributed by atoms with Gasteiger partial charge in [0.15, 0.2) is 0 Å². The third-order valence-electron chi connectivity index (χ3n) is 7.10. The van der Waals surface area contributed by atoms with Gasteiger partial charge >= 0.3 is 26.2 Å². The van der Waals surface area contributed by atoms with Crippen molar-refractivity contribution in [1.82, 2.24) is 0 Å². The van der Waals surface area contributed by atoms with E-state index < -0.39 is 0 Å². The summed E-state index contributed by atoms with van der Waals surface area (Å²) >= 11 is 0. The van der Waals surface area contributed by atoms with Gasteiger partial charge < -0.3 is 9.47 Å². The first kappa shape index (κ1) is 33.6. The molecule has 0 aliphatic heterocycles. The molecule has 0 saturated heterocycles. The topological polar surface area (TPSA) is 18.5 Å². The Morgan fingerprint density at radius 2 is 0.881 bits per heavy atom. The Hall–Kier alpha value is -2.88. The smallest absolute Gasteiger partial charge is 0.380 e. The molecule has 0 fully saturated rings. The number of hydrogen-bond acceptors (Lipinski definition) is 2. The van der Waals surface area contributed by atoms with Crippen LogP contribution in [0.1, 0.15) is 22.3 Å². The van der Waals surface area contributed by atoms with Crippen LogP contribution < -0.4 is 0 Å². The zero-order chi connectivity index (χ0) is 29.2. The van der Waals surface area contributed by atoms with E-state index in [0.29, 0.717) is 13.2 Å². The van der Waals surface area contributed by atoms with E-state index in [1.807, 2.05) is 0 Å². The van der Waals surface area contributed by atoms with Gasteiger partial charge in [0.05, 0.1) is 13.2 Å². The quantitative estimate of drug-likeness (QED) is 0.132. The summed E-state index contributed by atoms with van der Waals surface area (Å²) in [6, 6.07) is 38.9. The maximum absolute atomic E-state index is 5.15. The molecule has 0 spiro atoms. The first-order valence-electron chi connectivity index (χ1n) is 14.1. The predicted molar refractivity (Wildman–Crippen MR) is 178 cm³/mol. The van der Waals surface area contributed by atoms with E-state index in [9.17, 15) is 0 Å². The normalized spacial score (nSPS) is 10.4. The molecule has 0 N–H and O–H groups in total. The van der Waals surface area contributed by atoms with Gasteiger partial charge in [-0.25, -0.2) is 0 Å². The van der Waals surface area contributed by atoms with Crippen molar-refractivity contribution in [2.24, 2.45) is 0 Å². The Morgan fingerprint density at radius 1 is 0.548 bits per heavy atom. The molecule has 6 rings (SSSR count). The van der Waals surface area contributed by atoms with Crippen molar-refractivity contribution in [1.29, 1.82) is 0 Å². The zero-order valence-electron chi connectivity index (χ0n) is 25.6. The van der Waals surface area contributed by atoms with Crippen molar-refractivity contribution in [2.45, 2.75) is 40.2 Å². The van der Waals surface area contributed by atoms with Crippen molar-refractivity contribution in [2.75, 3.05) is 14.2 Å². The molecule has 0 aromatic heterocycles. The molecular weight excluding hydrogens is 608 g/mol. The SMILES string of the molecule is COCc1ccc(-[c-]2c(C)cc3ccccc32)cc1.COCc1ccc(-[c-]2c(C)cc3ccccc32)cc1.C[Si]C.[Zr+2]. The fourth-order valence-corrected chi connectivity index (χ4v) is 5.37. The number of methoxy groups -OCH3 is 2. The van der Waals surface area contributed by atoms with E-state index in [0.717, 1.165) is 9.52 Å². The Bertz CT molecular complexity index is 1530. The molecule has 0 aliphatic carbocycles. The van der Waals surface area contributed by atoms with Crippen LogP contribution in [0, 0.1) is 13.8 Å². The maximum Gasteiger partial charge on any atom is 2.00 e. The summed E-state index contributed by atoms with van der Waals surface area (Å²) in [5.74, 6) is 0. The van der Waals surface area contributed by atoms with E-state index in [2.05, 4.69) is 136 Å². The van der Waals surface area contributed by atoms with Gasteiger partial charge in [-0.05, 0) is 11.1 Å². The maximum atomic E-state index is 5.15.